The van der Waals surface area contributed by atoms with Gasteiger partial charge in [-0.25, -0.2) is 4.79 Å². The summed E-state index contributed by atoms with van der Waals surface area (Å²) in [6.07, 6.45) is 2.71. The Morgan fingerprint density at radius 3 is 2.39 bits per heavy atom. The van der Waals surface area contributed by atoms with Gasteiger partial charge in [-0.3, -0.25) is 9.69 Å². The third-order valence-corrected chi connectivity index (χ3v) is 5.92. The molecule has 1 aliphatic rings. The molecule has 0 saturated carbocycles. The Bertz CT molecular complexity index is 850. The van der Waals surface area contributed by atoms with Gasteiger partial charge in [-0.15, -0.1) is 0 Å². The molecule has 0 radical (unpaired) electrons. The lowest BCUT2D eigenvalue weighted by Gasteiger charge is -2.32. The van der Waals surface area contributed by atoms with E-state index < -0.39 is 6.09 Å². The van der Waals surface area contributed by atoms with E-state index in [1.807, 2.05) is 42.5 Å². The molecular formula is C26H35N3O4. The summed E-state index contributed by atoms with van der Waals surface area (Å²) in [5.41, 5.74) is 2.23. The van der Waals surface area contributed by atoms with E-state index in [0.717, 1.165) is 50.3 Å². The van der Waals surface area contributed by atoms with Crippen molar-refractivity contribution in [3.05, 3.63) is 65.7 Å². The molecule has 0 unspecified atom stereocenters. The van der Waals surface area contributed by atoms with Gasteiger partial charge in [0.15, 0.2) is 0 Å². The molecule has 0 bridgehead atoms. The van der Waals surface area contributed by atoms with Gasteiger partial charge < -0.3 is 20.1 Å². The van der Waals surface area contributed by atoms with Gasteiger partial charge in [-0.2, -0.15) is 0 Å². The molecule has 3 rings (SSSR count). The van der Waals surface area contributed by atoms with Gasteiger partial charge in [-0.05, 0) is 61.5 Å². The zero-order chi connectivity index (χ0) is 23.3. The number of ether oxygens (including phenoxy) is 2. The molecule has 178 valence electrons. The smallest absolute Gasteiger partial charge is 0.407 e. The highest BCUT2D eigenvalue weighted by Crippen LogP contribution is 2.19. The fourth-order valence-electron chi connectivity index (χ4n) is 3.90. The van der Waals surface area contributed by atoms with Gasteiger partial charge in [0, 0.05) is 26.1 Å². The van der Waals surface area contributed by atoms with Crippen molar-refractivity contribution in [1.29, 1.82) is 0 Å². The zero-order valence-electron chi connectivity index (χ0n) is 19.4. The lowest BCUT2D eigenvalue weighted by atomic mass is 9.96. The Morgan fingerprint density at radius 1 is 0.970 bits per heavy atom. The minimum atomic E-state index is -0.458. The first-order valence-electron chi connectivity index (χ1n) is 11.7. The van der Waals surface area contributed by atoms with Crippen molar-refractivity contribution >= 4 is 12.0 Å². The highest BCUT2D eigenvalue weighted by molar-refractivity contribution is 5.76. The van der Waals surface area contributed by atoms with Crippen LogP contribution in [0.15, 0.2) is 54.6 Å². The molecule has 0 aliphatic carbocycles. The lowest BCUT2D eigenvalue weighted by molar-refractivity contribution is -0.121. The molecule has 2 aromatic rings. The van der Waals surface area contributed by atoms with E-state index in [-0.39, 0.29) is 12.5 Å². The van der Waals surface area contributed by atoms with Crippen molar-refractivity contribution in [2.75, 3.05) is 33.3 Å². The number of carbonyl (C=O) groups is 2. The van der Waals surface area contributed by atoms with E-state index in [1.165, 1.54) is 5.56 Å². The normalized spacial score (nSPS) is 14.5. The summed E-state index contributed by atoms with van der Waals surface area (Å²) in [5, 5.41) is 5.74. The molecular weight excluding hydrogens is 418 g/mol. The monoisotopic (exact) mass is 453 g/mol. The van der Waals surface area contributed by atoms with Gasteiger partial charge in [0.25, 0.3) is 0 Å². The van der Waals surface area contributed by atoms with Crippen LogP contribution in [0.5, 0.6) is 5.75 Å². The fraction of sp³-hybridized carbons (Fsp3) is 0.462. The molecule has 1 heterocycles. The van der Waals surface area contributed by atoms with E-state index in [0.29, 0.717) is 25.3 Å². The van der Waals surface area contributed by atoms with Crippen molar-refractivity contribution in [2.24, 2.45) is 5.92 Å². The molecule has 0 aromatic heterocycles. The number of benzene rings is 2. The molecule has 33 heavy (non-hydrogen) atoms. The van der Waals surface area contributed by atoms with Crippen LogP contribution < -0.4 is 15.4 Å². The summed E-state index contributed by atoms with van der Waals surface area (Å²) in [5.74, 6) is 1.44. The van der Waals surface area contributed by atoms with Crippen LogP contribution in [0, 0.1) is 5.92 Å². The topological polar surface area (TPSA) is 79.9 Å². The number of methoxy groups -OCH3 is 1. The predicted molar refractivity (Wildman–Crippen MR) is 128 cm³/mol. The average molecular weight is 454 g/mol. The number of alkyl carbamates (subject to hydrolysis) is 1. The van der Waals surface area contributed by atoms with E-state index in [1.54, 1.807) is 7.11 Å². The number of hydrogen-bond acceptors (Lipinski definition) is 5. The Morgan fingerprint density at radius 2 is 1.70 bits per heavy atom. The highest BCUT2D eigenvalue weighted by atomic mass is 16.5. The Labute approximate surface area is 196 Å². The molecule has 1 fully saturated rings. The molecule has 2 aromatic carbocycles. The van der Waals surface area contributed by atoms with Crippen molar-refractivity contribution in [2.45, 2.75) is 38.8 Å². The second kappa shape index (κ2) is 13.5. The van der Waals surface area contributed by atoms with Crippen molar-refractivity contribution < 1.29 is 19.1 Å². The Kier molecular flexibility index (Phi) is 10.0. The molecule has 2 amide bonds. The largest absolute Gasteiger partial charge is 0.497 e. The summed E-state index contributed by atoms with van der Waals surface area (Å²) in [6.45, 7) is 4.42. The number of likely N-dealkylation sites (tertiary alicyclic amines) is 1. The zero-order valence-corrected chi connectivity index (χ0v) is 19.4. The highest BCUT2D eigenvalue weighted by Gasteiger charge is 2.19. The van der Waals surface area contributed by atoms with Crippen LogP contribution in [0.3, 0.4) is 0 Å². The van der Waals surface area contributed by atoms with E-state index in [2.05, 4.69) is 27.7 Å². The van der Waals surface area contributed by atoms with Crippen LogP contribution in [0.25, 0.3) is 0 Å². The first-order chi connectivity index (χ1) is 16.1. The van der Waals surface area contributed by atoms with Crippen molar-refractivity contribution in [3.8, 4) is 5.75 Å². The summed E-state index contributed by atoms with van der Waals surface area (Å²) in [6, 6.07) is 17.8. The molecule has 1 aliphatic heterocycles. The van der Waals surface area contributed by atoms with E-state index in [4.69, 9.17) is 9.47 Å². The molecule has 0 spiro atoms. The van der Waals surface area contributed by atoms with Crippen LogP contribution >= 0.6 is 0 Å². The first-order valence-corrected chi connectivity index (χ1v) is 11.7. The van der Waals surface area contributed by atoms with Gasteiger partial charge in [0.1, 0.15) is 12.4 Å². The minimum absolute atomic E-state index is 0.0371. The van der Waals surface area contributed by atoms with Gasteiger partial charge >= 0.3 is 6.09 Å². The predicted octanol–water partition coefficient (Wildman–Crippen LogP) is 3.73. The number of rotatable bonds is 11. The Hall–Kier alpha value is -3.06. The third kappa shape index (κ3) is 9.14. The standard InChI is InChI=1S/C26H35N3O4/c1-32-24-11-9-22(10-12-24)19-29-16-13-21(14-17-29)18-28-25(30)8-5-15-27-26(31)33-20-23-6-3-2-4-7-23/h2-4,6-7,9-12,21H,5,8,13-20H2,1H3,(H,27,31)(H,28,30). The summed E-state index contributed by atoms with van der Waals surface area (Å²) in [4.78, 5) is 26.3. The van der Waals surface area contributed by atoms with Gasteiger partial charge in [-0.1, -0.05) is 42.5 Å². The second-order valence-electron chi connectivity index (χ2n) is 8.46. The number of piperidine rings is 1. The van der Waals surface area contributed by atoms with Crippen LogP contribution in [-0.2, 0) is 22.7 Å². The number of amides is 2. The second-order valence-corrected chi connectivity index (χ2v) is 8.46. The first kappa shape index (κ1) is 24.6. The quantitative estimate of drug-likeness (QED) is 0.507. The number of nitrogens with zero attached hydrogens (tertiary/aromatic N) is 1. The third-order valence-electron chi connectivity index (χ3n) is 5.92. The van der Waals surface area contributed by atoms with Crippen LogP contribution in [0.1, 0.15) is 36.8 Å². The maximum atomic E-state index is 12.1. The molecule has 1 saturated heterocycles. The maximum absolute atomic E-state index is 12.1. The van der Waals surface area contributed by atoms with Gasteiger partial charge in [0.05, 0.1) is 7.11 Å². The molecule has 0 atom stereocenters. The van der Waals surface area contributed by atoms with Crippen molar-refractivity contribution in [1.82, 2.24) is 15.5 Å². The molecule has 7 nitrogen and oxygen atoms in total. The molecule has 2 N–H and O–H groups in total. The minimum Gasteiger partial charge on any atom is -0.497 e. The lowest BCUT2D eigenvalue weighted by Crippen LogP contribution is -2.38. The number of hydrogen-bond donors (Lipinski definition) is 2. The summed E-state index contributed by atoms with van der Waals surface area (Å²) in [7, 11) is 1.68. The van der Waals surface area contributed by atoms with Crippen LogP contribution in [0.2, 0.25) is 0 Å². The fourth-order valence-corrected chi connectivity index (χ4v) is 3.90. The molecule has 7 heteroatoms. The Balaban J connectivity index is 1.21. The summed E-state index contributed by atoms with van der Waals surface area (Å²) < 4.78 is 10.4. The van der Waals surface area contributed by atoms with Crippen LogP contribution in [-0.4, -0.2) is 50.2 Å². The maximum Gasteiger partial charge on any atom is 0.407 e. The SMILES string of the molecule is COc1ccc(CN2CCC(CNC(=O)CCCNC(=O)OCc3ccccc3)CC2)cc1. The summed E-state index contributed by atoms with van der Waals surface area (Å²) >= 11 is 0. The van der Waals surface area contributed by atoms with Crippen LogP contribution in [0.4, 0.5) is 4.79 Å². The number of carbonyl (C=O) groups excluding carboxylic acids is 2. The van der Waals surface area contributed by atoms with E-state index >= 15 is 0 Å². The van der Waals surface area contributed by atoms with E-state index in [9.17, 15) is 9.59 Å². The van der Waals surface area contributed by atoms with Crippen molar-refractivity contribution in [3.63, 3.8) is 0 Å². The van der Waals surface area contributed by atoms with Gasteiger partial charge in [0.2, 0.25) is 5.91 Å². The number of nitrogens with one attached hydrogen (secondary N) is 2. The average Bonchev–Trinajstić information content (AvgIpc) is 2.86.